The van der Waals surface area contributed by atoms with Gasteiger partial charge in [-0.2, -0.15) is 18.3 Å². The molecule has 0 atom stereocenters. The van der Waals surface area contributed by atoms with Crippen molar-refractivity contribution < 1.29 is 22.9 Å². The Hall–Kier alpha value is -3.35. The number of nitrogens with zero attached hydrogens (tertiary/aromatic N) is 2. The second kappa shape index (κ2) is 8.35. The molecule has 0 saturated heterocycles. The molecule has 10 heteroatoms. The Morgan fingerprint density at radius 3 is 2.56 bits per heavy atom. The zero-order valence-electron chi connectivity index (χ0n) is 14.2. The number of benzene rings is 1. The van der Waals surface area contributed by atoms with Gasteiger partial charge in [-0.1, -0.05) is 25.2 Å². The highest BCUT2D eigenvalue weighted by Gasteiger charge is 2.30. The summed E-state index contributed by atoms with van der Waals surface area (Å²) in [5.41, 5.74) is -0.878. The van der Waals surface area contributed by atoms with Crippen molar-refractivity contribution in [2.24, 2.45) is 0 Å². The van der Waals surface area contributed by atoms with Gasteiger partial charge in [0.05, 0.1) is 17.0 Å². The standard InChI is InChI=1S/C17H15F3N4O3/c1-2-4-13-15(24(26)27)14(23-22-13)16(25)21-10-3-5-11-6-8-12(9-7-11)17(18,19)20/h6-9H,2,4,10H2,1H3,(H,21,25)(H,22,23). The molecule has 1 aromatic heterocycles. The number of halogens is 3. The second-order valence-corrected chi connectivity index (χ2v) is 5.47. The Morgan fingerprint density at radius 1 is 1.33 bits per heavy atom. The number of carbonyl (C=O) groups excluding carboxylic acids is 1. The van der Waals surface area contributed by atoms with Gasteiger partial charge in [0.15, 0.2) is 0 Å². The van der Waals surface area contributed by atoms with E-state index in [0.29, 0.717) is 18.4 Å². The number of carbonyl (C=O) groups is 1. The molecule has 0 radical (unpaired) electrons. The van der Waals surface area contributed by atoms with Crippen molar-refractivity contribution in [3.8, 4) is 11.8 Å². The van der Waals surface area contributed by atoms with Crippen molar-refractivity contribution >= 4 is 11.6 Å². The summed E-state index contributed by atoms with van der Waals surface area (Å²) in [5, 5.41) is 19.7. The Labute approximate surface area is 152 Å². The average molecular weight is 380 g/mol. The quantitative estimate of drug-likeness (QED) is 0.473. The minimum absolute atomic E-state index is 0.146. The van der Waals surface area contributed by atoms with Crippen LogP contribution in [0.15, 0.2) is 24.3 Å². The minimum Gasteiger partial charge on any atom is -0.339 e. The van der Waals surface area contributed by atoms with Crippen LogP contribution in [0, 0.1) is 22.0 Å². The van der Waals surface area contributed by atoms with Crippen LogP contribution in [-0.4, -0.2) is 27.6 Å². The summed E-state index contributed by atoms with van der Waals surface area (Å²) in [6, 6.07) is 4.25. The molecule has 142 valence electrons. The third-order valence-electron chi connectivity index (χ3n) is 3.49. The van der Waals surface area contributed by atoms with Crippen LogP contribution >= 0.6 is 0 Å². The molecule has 0 aliphatic heterocycles. The number of H-pyrrole nitrogens is 1. The summed E-state index contributed by atoms with van der Waals surface area (Å²) < 4.78 is 37.4. The summed E-state index contributed by atoms with van der Waals surface area (Å²) in [5.74, 6) is 4.41. The van der Waals surface area contributed by atoms with Crippen LogP contribution in [0.1, 0.15) is 40.7 Å². The van der Waals surface area contributed by atoms with Gasteiger partial charge in [0.25, 0.3) is 5.91 Å². The van der Waals surface area contributed by atoms with E-state index in [1.807, 2.05) is 6.92 Å². The van der Waals surface area contributed by atoms with E-state index in [4.69, 9.17) is 0 Å². The topological polar surface area (TPSA) is 101 Å². The van der Waals surface area contributed by atoms with Gasteiger partial charge in [-0.25, -0.2) is 0 Å². The first-order chi connectivity index (χ1) is 12.7. The largest absolute Gasteiger partial charge is 0.416 e. The summed E-state index contributed by atoms with van der Waals surface area (Å²) in [7, 11) is 0. The zero-order chi connectivity index (χ0) is 20.0. The summed E-state index contributed by atoms with van der Waals surface area (Å²) in [4.78, 5) is 22.5. The van der Waals surface area contributed by atoms with Crippen molar-refractivity contribution in [1.82, 2.24) is 15.5 Å². The maximum absolute atomic E-state index is 12.5. The van der Waals surface area contributed by atoms with Crippen LogP contribution in [0.25, 0.3) is 0 Å². The van der Waals surface area contributed by atoms with Crippen LogP contribution in [0.4, 0.5) is 18.9 Å². The van der Waals surface area contributed by atoms with Gasteiger partial charge in [-0.3, -0.25) is 20.0 Å². The van der Waals surface area contributed by atoms with Crippen molar-refractivity contribution in [3.63, 3.8) is 0 Å². The van der Waals surface area contributed by atoms with Gasteiger partial charge in [-0.15, -0.1) is 0 Å². The molecule has 0 saturated carbocycles. The number of aromatic amines is 1. The lowest BCUT2D eigenvalue weighted by molar-refractivity contribution is -0.385. The Kier molecular flexibility index (Phi) is 6.18. The fraction of sp³-hybridized carbons (Fsp3) is 0.294. The Balaban J connectivity index is 2.01. The number of hydrogen-bond donors (Lipinski definition) is 2. The highest BCUT2D eigenvalue weighted by molar-refractivity contribution is 5.96. The first-order valence-electron chi connectivity index (χ1n) is 7.90. The van der Waals surface area contributed by atoms with E-state index >= 15 is 0 Å². The molecule has 1 heterocycles. The first-order valence-corrected chi connectivity index (χ1v) is 7.90. The van der Waals surface area contributed by atoms with Crippen molar-refractivity contribution in [2.75, 3.05) is 6.54 Å². The lowest BCUT2D eigenvalue weighted by Gasteiger charge is -2.05. The number of amides is 1. The van der Waals surface area contributed by atoms with Crippen LogP contribution in [0.2, 0.25) is 0 Å². The number of hydrogen-bond acceptors (Lipinski definition) is 4. The van der Waals surface area contributed by atoms with E-state index in [0.717, 1.165) is 12.1 Å². The molecule has 0 spiro atoms. The minimum atomic E-state index is -4.42. The number of nitrogens with one attached hydrogen (secondary N) is 2. The van der Waals surface area contributed by atoms with Crippen LogP contribution in [0.5, 0.6) is 0 Å². The molecule has 1 amide bonds. The molecule has 2 aromatic rings. The molecule has 0 aliphatic carbocycles. The molecule has 0 unspecified atom stereocenters. The summed E-state index contributed by atoms with van der Waals surface area (Å²) in [6.07, 6.45) is -3.40. The van der Waals surface area contributed by atoms with Gasteiger partial charge < -0.3 is 5.32 Å². The number of alkyl halides is 3. The van der Waals surface area contributed by atoms with E-state index in [1.54, 1.807) is 0 Å². The number of aromatic nitrogens is 2. The molecule has 0 aliphatic rings. The van der Waals surface area contributed by atoms with Crippen LogP contribution < -0.4 is 5.32 Å². The van der Waals surface area contributed by atoms with Gasteiger partial charge in [0, 0.05) is 5.56 Å². The van der Waals surface area contributed by atoms with E-state index in [1.165, 1.54) is 12.1 Å². The molecular formula is C17H15F3N4O3. The zero-order valence-corrected chi connectivity index (χ0v) is 14.2. The predicted octanol–water partition coefficient (Wildman–Crippen LogP) is 3.07. The lowest BCUT2D eigenvalue weighted by Crippen LogP contribution is -2.24. The van der Waals surface area contributed by atoms with E-state index in [-0.39, 0.29) is 23.6 Å². The van der Waals surface area contributed by atoms with Gasteiger partial charge in [-0.05, 0) is 30.7 Å². The predicted molar refractivity (Wildman–Crippen MR) is 89.9 cm³/mol. The normalized spacial score (nSPS) is 10.8. The molecule has 2 rings (SSSR count). The summed E-state index contributed by atoms with van der Waals surface area (Å²) in [6.45, 7) is 1.69. The first kappa shape index (κ1) is 20.0. The van der Waals surface area contributed by atoms with Crippen LogP contribution in [0.3, 0.4) is 0 Å². The highest BCUT2D eigenvalue weighted by Crippen LogP contribution is 2.29. The number of rotatable bonds is 5. The van der Waals surface area contributed by atoms with Crippen molar-refractivity contribution in [1.29, 1.82) is 0 Å². The van der Waals surface area contributed by atoms with Crippen molar-refractivity contribution in [3.05, 3.63) is 56.9 Å². The van der Waals surface area contributed by atoms with E-state index in [2.05, 4.69) is 27.4 Å². The maximum atomic E-state index is 12.5. The molecule has 0 fully saturated rings. The molecule has 1 aromatic carbocycles. The lowest BCUT2D eigenvalue weighted by atomic mass is 10.1. The highest BCUT2D eigenvalue weighted by atomic mass is 19.4. The number of nitro groups is 1. The maximum Gasteiger partial charge on any atom is 0.416 e. The van der Waals surface area contributed by atoms with E-state index < -0.39 is 22.6 Å². The monoisotopic (exact) mass is 380 g/mol. The van der Waals surface area contributed by atoms with Gasteiger partial charge >= 0.3 is 11.9 Å². The third-order valence-corrected chi connectivity index (χ3v) is 3.49. The Morgan fingerprint density at radius 2 is 2.00 bits per heavy atom. The fourth-order valence-electron chi connectivity index (χ4n) is 2.25. The van der Waals surface area contributed by atoms with Crippen LogP contribution in [-0.2, 0) is 12.6 Å². The third kappa shape index (κ3) is 5.07. The number of aryl methyl sites for hydroxylation is 1. The average Bonchev–Trinajstić information content (AvgIpc) is 3.02. The SMILES string of the molecule is CCCc1[nH]nc(C(=O)NCC#Cc2ccc(C(F)(F)F)cc2)c1[N+](=O)[O-]. The molecule has 2 N–H and O–H groups in total. The van der Waals surface area contributed by atoms with Crippen molar-refractivity contribution in [2.45, 2.75) is 25.9 Å². The second-order valence-electron chi connectivity index (χ2n) is 5.47. The van der Waals surface area contributed by atoms with Gasteiger partial charge in [0.2, 0.25) is 5.69 Å². The molecular weight excluding hydrogens is 365 g/mol. The van der Waals surface area contributed by atoms with Gasteiger partial charge in [0.1, 0.15) is 5.69 Å². The molecule has 27 heavy (non-hydrogen) atoms. The summed E-state index contributed by atoms with van der Waals surface area (Å²) >= 11 is 0. The smallest absolute Gasteiger partial charge is 0.339 e. The fourth-order valence-corrected chi connectivity index (χ4v) is 2.25. The molecule has 7 nitrogen and oxygen atoms in total. The van der Waals surface area contributed by atoms with E-state index in [9.17, 15) is 28.1 Å². The molecule has 0 bridgehead atoms. The Bertz CT molecular complexity index is 893.